The molecule has 2 rings (SSSR count). The van der Waals surface area contributed by atoms with Crippen LogP contribution in [0.5, 0.6) is 5.75 Å². The van der Waals surface area contributed by atoms with E-state index in [0.29, 0.717) is 12.5 Å². The molecule has 0 spiro atoms. The van der Waals surface area contributed by atoms with Gasteiger partial charge in [-0.3, -0.25) is 4.79 Å². The minimum Gasteiger partial charge on any atom is -0.508 e. The second-order valence-corrected chi connectivity index (χ2v) is 5.74. The first-order valence-electron chi connectivity index (χ1n) is 6.88. The van der Waals surface area contributed by atoms with E-state index in [9.17, 15) is 14.3 Å². The largest absolute Gasteiger partial charge is 0.508 e. The molecule has 1 aliphatic rings. The molecule has 1 aromatic carbocycles. The lowest BCUT2D eigenvalue weighted by Crippen LogP contribution is -2.56. The maximum absolute atomic E-state index is 13.8. The molecule has 1 aliphatic heterocycles. The first kappa shape index (κ1) is 14.8. The molecule has 110 valence electrons. The monoisotopic (exact) mass is 280 g/mol. The lowest BCUT2D eigenvalue weighted by atomic mass is 9.98. The molecule has 1 saturated heterocycles. The summed E-state index contributed by atoms with van der Waals surface area (Å²) in [5.41, 5.74) is 0.0259. The van der Waals surface area contributed by atoms with Gasteiger partial charge in [-0.15, -0.1) is 0 Å². The van der Waals surface area contributed by atoms with Crippen LogP contribution in [0.3, 0.4) is 0 Å². The van der Waals surface area contributed by atoms with Crippen molar-refractivity contribution in [3.05, 3.63) is 29.6 Å². The van der Waals surface area contributed by atoms with Crippen molar-refractivity contribution in [2.24, 2.45) is 5.92 Å². The van der Waals surface area contributed by atoms with Crippen molar-refractivity contribution in [3.8, 4) is 5.75 Å². The Morgan fingerprint density at radius 3 is 2.70 bits per heavy atom. The van der Waals surface area contributed by atoms with Crippen LogP contribution >= 0.6 is 0 Å². The van der Waals surface area contributed by atoms with Crippen molar-refractivity contribution < 1.29 is 14.3 Å². The first-order chi connectivity index (χ1) is 9.40. The normalized spacial score (nSPS) is 20.4. The van der Waals surface area contributed by atoms with Crippen LogP contribution < -0.4 is 0 Å². The molecule has 1 aromatic rings. The number of hydrogen-bond acceptors (Lipinski definition) is 3. The van der Waals surface area contributed by atoms with Crippen molar-refractivity contribution in [1.82, 2.24) is 9.80 Å². The van der Waals surface area contributed by atoms with Crippen LogP contribution in [0.15, 0.2) is 18.2 Å². The summed E-state index contributed by atoms with van der Waals surface area (Å²) in [6, 6.07) is 3.75. The van der Waals surface area contributed by atoms with Crippen LogP contribution in [0.2, 0.25) is 0 Å². The SMILES string of the molecule is CC(C)C1CN(C)CCN1C(=O)c1ccc(O)cc1F. The third kappa shape index (κ3) is 2.93. The van der Waals surface area contributed by atoms with Gasteiger partial charge >= 0.3 is 0 Å². The number of amides is 1. The second kappa shape index (κ2) is 5.79. The quantitative estimate of drug-likeness (QED) is 0.900. The summed E-state index contributed by atoms with van der Waals surface area (Å²) in [5.74, 6) is -0.828. The number of halogens is 1. The fourth-order valence-electron chi connectivity index (χ4n) is 2.61. The highest BCUT2D eigenvalue weighted by Gasteiger charge is 2.32. The van der Waals surface area contributed by atoms with E-state index >= 15 is 0 Å². The molecule has 0 aliphatic carbocycles. The van der Waals surface area contributed by atoms with Crippen LogP contribution in [0, 0.1) is 11.7 Å². The fourth-order valence-corrected chi connectivity index (χ4v) is 2.61. The summed E-state index contributed by atoms with van der Waals surface area (Å²) in [6.45, 7) is 6.31. The smallest absolute Gasteiger partial charge is 0.257 e. The van der Waals surface area contributed by atoms with Gasteiger partial charge in [0.05, 0.1) is 5.56 Å². The molecule has 0 saturated carbocycles. The van der Waals surface area contributed by atoms with E-state index in [2.05, 4.69) is 18.7 Å². The van der Waals surface area contributed by atoms with Gasteiger partial charge in [0.25, 0.3) is 5.91 Å². The van der Waals surface area contributed by atoms with E-state index < -0.39 is 5.82 Å². The zero-order valence-electron chi connectivity index (χ0n) is 12.1. The maximum Gasteiger partial charge on any atom is 0.257 e. The van der Waals surface area contributed by atoms with Gasteiger partial charge in [0.1, 0.15) is 11.6 Å². The number of phenols is 1. The number of piperazine rings is 1. The molecule has 0 radical (unpaired) electrons. The number of rotatable bonds is 2. The molecule has 1 unspecified atom stereocenters. The molecule has 1 heterocycles. The van der Waals surface area contributed by atoms with Gasteiger partial charge < -0.3 is 14.9 Å². The molecule has 1 amide bonds. The third-order valence-corrected chi connectivity index (χ3v) is 3.84. The number of hydrogen-bond donors (Lipinski definition) is 1. The van der Waals surface area contributed by atoms with Crippen molar-refractivity contribution in [2.45, 2.75) is 19.9 Å². The van der Waals surface area contributed by atoms with Crippen molar-refractivity contribution in [1.29, 1.82) is 0 Å². The molecule has 1 atom stereocenters. The van der Waals surface area contributed by atoms with Gasteiger partial charge in [-0.05, 0) is 25.1 Å². The summed E-state index contributed by atoms with van der Waals surface area (Å²) in [5, 5.41) is 9.23. The minimum atomic E-state index is -0.670. The van der Waals surface area contributed by atoms with Crippen LogP contribution in [0.25, 0.3) is 0 Å². The van der Waals surface area contributed by atoms with Gasteiger partial charge in [-0.2, -0.15) is 0 Å². The van der Waals surface area contributed by atoms with Crippen molar-refractivity contribution in [2.75, 3.05) is 26.7 Å². The predicted molar refractivity (Wildman–Crippen MR) is 75.2 cm³/mol. The molecule has 5 heteroatoms. The van der Waals surface area contributed by atoms with Crippen molar-refractivity contribution >= 4 is 5.91 Å². The predicted octanol–water partition coefficient (Wildman–Crippen LogP) is 1.94. The lowest BCUT2D eigenvalue weighted by molar-refractivity contribution is 0.0398. The Balaban J connectivity index is 2.26. The lowest BCUT2D eigenvalue weighted by Gasteiger charge is -2.42. The zero-order chi connectivity index (χ0) is 14.9. The number of aromatic hydroxyl groups is 1. The van der Waals surface area contributed by atoms with Gasteiger partial charge in [-0.25, -0.2) is 4.39 Å². The Hall–Kier alpha value is -1.62. The summed E-state index contributed by atoms with van der Waals surface area (Å²) in [4.78, 5) is 16.5. The number of nitrogens with zero attached hydrogens (tertiary/aromatic N) is 2. The van der Waals surface area contributed by atoms with E-state index in [0.717, 1.165) is 19.2 Å². The number of benzene rings is 1. The standard InChI is InChI=1S/C15H21FN2O2/c1-10(2)14-9-17(3)6-7-18(14)15(20)12-5-4-11(19)8-13(12)16/h4-5,8,10,14,19H,6-7,9H2,1-3H3. The van der Waals surface area contributed by atoms with E-state index in [1.54, 1.807) is 4.90 Å². The molecular weight excluding hydrogens is 259 g/mol. The summed E-state index contributed by atoms with van der Waals surface area (Å²) < 4.78 is 13.8. The van der Waals surface area contributed by atoms with E-state index in [-0.39, 0.29) is 23.3 Å². The Kier molecular flexibility index (Phi) is 4.28. The number of carbonyl (C=O) groups excluding carboxylic acids is 1. The molecule has 20 heavy (non-hydrogen) atoms. The number of likely N-dealkylation sites (N-methyl/N-ethyl adjacent to an activating group) is 1. The van der Waals surface area contributed by atoms with E-state index in [1.807, 2.05) is 7.05 Å². The average Bonchev–Trinajstić information content (AvgIpc) is 2.37. The minimum absolute atomic E-state index is 0.0259. The topological polar surface area (TPSA) is 43.8 Å². The van der Waals surface area contributed by atoms with Crippen LogP contribution in [-0.2, 0) is 0 Å². The Morgan fingerprint density at radius 2 is 2.10 bits per heavy atom. The fraction of sp³-hybridized carbons (Fsp3) is 0.533. The Bertz CT molecular complexity index is 505. The second-order valence-electron chi connectivity index (χ2n) is 5.74. The maximum atomic E-state index is 13.8. The van der Waals surface area contributed by atoms with Gasteiger partial charge in [0.2, 0.25) is 0 Å². The number of phenolic OH excluding ortho intramolecular Hbond substituents is 1. The highest BCUT2D eigenvalue weighted by Crippen LogP contribution is 2.22. The van der Waals surface area contributed by atoms with Gasteiger partial charge in [0, 0.05) is 31.7 Å². The highest BCUT2D eigenvalue weighted by atomic mass is 19.1. The summed E-state index contributed by atoms with van der Waals surface area (Å²) in [7, 11) is 2.03. The van der Waals surface area contributed by atoms with Crippen LogP contribution in [0.4, 0.5) is 4.39 Å². The van der Waals surface area contributed by atoms with Gasteiger partial charge in [0.15, 0.2) is 0 Å². The number of carbonyl (C=O) groups is 1. The van der Waals surface area contributed by atoms with Crippen molar-refractivity contribution in [3.63, 3.8) is 0 Å². The molecular formula is C15H21FN2O2. The molecule has 0 aromatic heterocycles. The van der Waals surface area contributed by atoms with Gasteiger partial charge in [-0.1, -0.05) is 13.8 Å². The van der Waals surface area contributed by atoms with Crippen LogP contribution in [0.1, 0.15) is 24.2 Å². The summed E-state index contributed by atoms with van der Waals surface area (Å²) >= 11 is 0. The highest BCUT2D eigenvalue weighted by molar-refractivity contribution is 5.95. The average molecular weight is 280 g/mol. The Labute approximate surface area is 118 Å². The van der Waals surface area contributed by atoms with E-state index in [1.165, 1.54) is 12.1 Å². The Morgan fingerprint density at radius 1 is 1.40 bits per heavy atom. The van der Waals surface area contributed by atoms with Crippen LogP contribution in [-0.4, -0.2) is 53.5 Å². The molecule has 1 fully saturated rings. The molecule has 0 bridgehead atoms. The zero-order valence-corrected chi connectivity index (χ0v) is 12.1. The molecule has 4 nitrogen and oxygen atoms in total. The van der Waals surface area contributed by atoms with E-state index in [4.69, 9.17) is 0 Å². The third-order valence-electron chi connectivity index (χ3n) is 3.84. The molecule has 1 N–H and O–H groups in total. The first-order valence-corrected chi connectivity index (χ1v) is 6.88. The summed E-state index contributed by atoms with van der Waals surface area (Å²) in [6.07, 6.45) is 0.